The van der Waals surface area contributed by atoms with Gasteiger partial charge in [0, 0.05) is 6.54 Å². The second kappa shape index (κ2) is 9.54. The lowest BCUT2D eigenvalue weighted by atomic mass is 10.2. The molecule has 3 aromatic rings. The van der Waals surface area contributed by atoms with Gasteiger partial charge in [0.2, 0.25) is 10.0 Å². The molecule has 11 heteroatoms. The number of sulfonamides is 1. The highest BCUT2D eigenvalue weighted by Gasteiger charge is 2.39. The van der Waals surface area contributed by atoms with Gasteiger partial charge in [-0.05, 0) is 56.2 Å². The second-order valence-electron chi connectivity index (χ2n) is 7.42. The molecular weight excluding hydrogens is 469 g/mol. The number of rotatable bonds is 6. The minimum absolute atomic E-state index is 0.0807. The Balaban J connectivity index is 1.70. The molecule has 1 fully saturated rings. The molecule has 174 valence electrons. The molecule has 1 aliphatic rings. The van der Waals surface area contributed by atoms with Crippen molar-refractivity contribution in [3.05, 3.63) is 59.1 Å². The molecule has 1 saturated heterocycles. The zero-order valence-corrected chi connectivity index (χ0v) is 19.4. The van der Waals surface area contributed by atoms with Gasteiger partial charge in [0.05, 0.1) is 21.7 Å². The maximum absolute atomic E-state index is 13.3. The van der Waals surface area contributed by atoms with Crippen molar-refractivity contribution in [2.45, 2.75) is 37.2 Å². The molecule has 8 nitrogen and oxygen atoms in total. The predicted molar refractivity (Wildman–Crippen MR) is 120 cm³/mol. The van der Waals surface area contributed by atoms with Gasteiger partial charge in [-0.2, -0.15) is 9.30 Å². The second-order valence-corrected chi connectivity index (χ2v) is 10.3. The van der Waals surface area contributed by atoms with Crippen LogP contribution in [0.3, 0.4) is 0 Å². The van der Waals surface area contributed by atoms with E-state index in [1.165, 1.54) is 23.5 Å². The monoisotopic (exact) mass is 491 g/mol. The number of thiazole rings is 1. The van der Waals surface area contributed by atoms with E-state index in [2.05, 4.69) is 4.99 Å². The Morgan fingerprint density at radius 3 is 2.64 bits per heavy atom. The first kappa shape index (κ1) is 23.3. The third-order valence-electron chi connectivity index (χ3n) is 5.30. The molecular formula is C22H22FN3O5S2. The fraction of sp³-hybridized carbons (Fsp3) is 0.318. The number of benzene rings is 2. The van der Waals surface area contributed by atoms with Gasteiger partial charge in [0.15, 0.2) is 4.80 Å². The molecule has 0 radical (unpaired) electrons. The number of hydrogen-bond donors (Lipinski definition) is 0. The third kappa shape index (κ3) is 4.75. The summed E-state index contributed by atoms with van der Waals surface area (Å²) in [4.78, 5) is 29.7. The van der Waals surface area contributed by atoms with E-state index in [1.807, 2.05) is 24.3 Å². The molecule has 0 spiro atoms. The quantitative estimate of drug-likeness (QED) is 0.494. The first-order valence-corrected chi connectivity index (χ1v) is 12.7. The summed E-state index contributed by atoms with van der Waals surface area (Å²) in [6, 6.07) is 10.9. The van der Waals surface area contributed by atoms with Crippen LogP contribution in [-0.4, -0.2) is 48.4 Å². The third-order valence-corrected chi connectivity index (χ3v) is 8.28. The summed E-state index contributed by atoms with van der Waals surface area (Å²) < 4.78 is 48.0. The highest BCUT2D eigenvalue weighted by molar-refractivity contribution is 7.89. The molecule has 0 aliphatic carbocycles. The molecule has 1 aliphatic heterocycles. The van der Waals surface area contributed by atoms with Crippen molar-refractivity contribution < 1.29 is 27.1 Å². The number of carbonyl (C=O) groups excluding carboxylic acids is 2. The van der Waals surface area contributed by atoms with E-state index >= 15 is 0 Å². The molecule has 2 heterocycles. The number of hydrogen-bond acceptors (Lipinski definition) is 6. The Morgan fingerprint density at radius 1 is 1.18 bits per heavy atom. The van der Waals surface area contributed by atoms with Crippen molar-refractivity contribution >= 4 is 43.5 Å². The predicted octanol–water partition coefficient (Wildman–Crippen LogP) is 2.69. The molecule has 1 amide bonds. The van der Waals surface area contributed by atoms with Gasteiger partial charge in [-0.3, -0.25) is 9.59 Å². The van der Waals surface area contributed by atoms with Crippen molar-refractivity contribution in [3.8, 4) is 0 Å². The number of amides is 1. The summed E-state index contributed by atoms with van der Waals surface area (Å²) in [5.74, 6) is -1.62. The zero-order chi connectivity index (χ0) is 23.6. The fourth-order valence-corrected chi connectivity index (χ4v) is 6.47. The summed E-state index contributed by atoms with van der Waals surface area (Å²) >= 11 is 1.24. The van der Waals surface area contributed by atoms with Gasteiger partial charge >= 0.3 is 5.97 Å². The fourth-order valence-electron chi connectivity index (χ4n) is 3.78. The highest BCUT2D eigenvalue weighted by Crippen LogP contribution is 2.27. The minimum atomic E-state index is -3.99. The molecule has 1 unspecified atom stereocenters. The van der Waals surface area contributed by atoms with Crippen molar-refractivity contribution in [1.29, 1.82) is 0 Å². The van der Waals surface area contributed by atoms with Crippen LogP contribution in [0.1, 0.15) is 19.8 Å². The average molecular weight is 492 g/mol. The van der Waals surface area contributed by atoms with Gasteiger partial charge in [-0.1, -0.05) is 23.5 Å². The van der Waals surface area contributed by atoms with Crippen LogP contribution in [0.2, 0.25) is 0 Å². The van der Waals surface area contributed by atoms with E-state index in [0.717, 1.165) is 26.7 Å². The molecule has 1 atom stereocenters. The first-order chi connectivity index (χ1) is 15.8. The SMILES string of the molecule is CCOC(=O)Cn1c(=NC(=O)C2CCCN2S(=O)(=O)c2ccc(F)cc2)sc2ccccc21. The summed E-state index contributed by atoms with van der Waals surface area (Å²) in [5.41, 5.74) is 0.726. The van der Waals surface area contributed by atoms with Crippen molar-refractivity contribution in [2.24, 2.45) is 4.99 Å². The van der Waals surface area contributed by atoms with Crippen molar-refractivity contribution in [2.75, 3.05) is 13.2 Å². The number of para-hydroxylation sites is 1. The van der Waals surface area contributed by atoms with Crippen LogP contribution in [-0.2, 0) is 30.9 Å². The normalized spacial score (nSPS) is 17.5. The lowest BCUT2D eigenvalue weighted by molar-refractivity contribution is -0.143. The van der Waals surface area contributed by atoms with Crippen LogP contribution in [0.5, 0.6) is 0 Å². The van der Waals surface area contributed by atoms with E-state index in [0.29, 0.717) is 17.6 Å². The molecule has 0 bridgehead atoms. The average Bonchev–Trinajstić information content (AvgIpc) is 3.41. The van der Waals surface area contributed by atoms with Crippen molar-refractivity contribution in [3.63, 3.8) is 0 Å². The Hall–Kier alpha value is -2.89. The summed E-state index contributed by atoms with van der Waals surface area (Å²) in [7, 11) is -3.99. The number of carbonyl (C=O) groups is 2. The lowest BCUT2D eigenvalue weighted by Gasteiger charge is -2.21. The topological polar surface area (TPSA) is 98.0 Å². The maximum atomic E-state index is 13.3. The Bertz CT molecular complexity index is 1360. The van der Waals surface area contributed by atoms with Gasteiger partial charge in [-0.15, -0.1) is 0 Å². The molecule has 4 rings (SSSR count). The van der Waals surface area contributed by atoms with Crippen LogP contribution in [0, 0.1) is 5.82 Å². The molecule has 1 aromatic heterocycles. The number of ether oxygens (including phenoxy) is 1. The summed E-state index contributed by atoms with van der Waals surface area (Å²) in [6.07, 6.45) is 0.827. The molecule has 0 saturated carbocycles. The number of nitrogens with zero attached hydrogens (tertiary/aromatic N) is 3. The van der Waals surface area contributed by atoms with Crippen LogP contribution in [0.15, 0.2) is 58.4 Å². The van der Waals surface area contributed by atoms with E-state index < -0.39 is 33.8 Å². The number of halogens is 1. The van der Waals surface area contributed by atoms with Crippen LogP contribution >= 0.6 is 11.3 Å². The van der Waals surface area contributed by atoms with Gasteiger partial charge in [-0.25, -0.2) is 12.8 Å². The van der Waals surface area contributed by atoms with Crippen LogP contribution in [0.25, 0.3) is 10.2 Å². The van der Waals surface area contributed by atoms with Crippen LogP contribution in [0.4, 0.5) is 4.39 Å². The number of esters is 1. The number of fused-ring (bicyclic) bond motifs is 1. The Kier molecular flexibility index (Phi) is 6.73. The van der Waals surface area contributed by atoms with Crippen LogP contribution < -0.4 is 4.80 Å². The van der Waals surface area contributed by atoms with Crippen molar-refractivity contribution in [1.82, 2.24) is 8.87 Å². The largest absolute Gasteiger partial charge is 0.465 e. The van der Waals surface area contributed by atoms with Gasteiger partial charge in [0.1, 0.15) is 18.4 Å². The van der Waals surface area contributed by atoms with Gasteiger partial charge < -0.3 is 9.30 Å². The summed E-state index contributed by atoms with van der Waals surface area (Å²) in [6.45, 7) is 1.98. The Labute approximate surface area is 194 Å². The van der Waals surface area contributed by atoms with Gasteiger partial charge in [0.25, 0.3) is 5.91 Å². The van der Waals surface area contributed by atoms with E-state index in [-0.39, 0.29) is 24.6 Å². The van der Waals surface area contributed by atoms with E-state index in [1.54, 1.807) is 11.5 Å². The first-order valence-electron chi connectivity index (χ1n) is 10.4. The number of aromatic nitrogens is 1. The summed E-state index contributed by atoms with van der Waals surface area (Å²) in [5, 5.41) is 0. The molecule has 0 N–H and O–H groups in total. The molecule has 2 aromatic carbocycles. The minimum Gasteiger partial charge on any atom is -0.465 e. The Morgan fingerprint density at radius 2 is 1.91 bits per heavy atom. The maximum Gasteiger partial charge on any atom is 0.326 e. The standard InChI is InChI=1S/C22H22FN3O5S2/c1-2-31-20(27)14-25-17-6-3-4-8-19(17)32-22(25)24-21(28)18-7-5-13-26(18)33(29,30)16-11-9-15(23)10-12-16/h3-4,6,8-12,18H,2,5,7,13-14H2,1H3. The smallest absolute Gasteiger partial charge is 0.326 e. The van der Waals surface area contributed by atoms with E-state index in [9.17, 15) is 22.4 Å². The van der Waals surface area contributed by atoms with E-state index in [4.69, 9.17) is 4.74 Å². The lowest BCUT2D eigenvalue weighted by Crippen LogP contribution is -2.40. The molecule has 33 heavy (non-hydrogen) atoms. The zero-order valence-electron chi connectivity index (χ0n) is 17.8. The highest BCUT2D eigenvalue weighted by atomic mass is 32.2.